The first-order valence-electron chi connectivity index (χ1n) is 7.92. The second-order valence-corrected chi connectivity index (χ2v) is 5.95. The molecule has 4 rings (SSSR count). The summed E-state index contributed by atoms with van der Waals surface area (Å²) >= 11 is 0. The molecule has 25 heavy (non-hydrogen) atoms. The van der Waals surface area contributed by atoms with E-state index in [4.69, 9.17) is 0 Å². The number of halogens is 1. The lowest BCUT2D eigenvalue weighted by atomic mass is 10.0. The molecule has 0 bridgehead atoms. The highest BCUT2D eigenvalue weighted by Crippen LogP contribution is 2.29. The minimum Gasteiger partial charge on any atom is -0.333 e. The molecular weight excluding hydrogens is 323 g/mol. The summed E-state index contributed by atoms with van der Waals surface area (Å²) in [6.45, 7) is 0.876. The Hall–Kier alpha value is -3.22. The van der Waals surface area contributed by atoms with E-state index in [1.54, 1.807) is 29.2 Å². The van der Waals surface area contributed by atoms with E-state index in [1.807, 2.05) is 0 Å². The van der Waals surface area contributed by atoms with E-state index >= 15 is 0 Å². The van der Waals surface area contributed by atoms with Crippen LogP contribution in [0.1, 0.15) is 21.7 Å². The molecule has 0 atom stereocenters. The quantitative estimate of drug-likeness (QED) is 0.751. The van der Waals surface area contributed by atoms with Crippen molar-refractivity contribution >= 4 is 5.91 Å². The number of pyridine rings is 1. The fourth-order valence-corrected chi connectivity index (χ4v) is 3.09. The van der Waals surface area contributed by atoms with Gasteiger partial charge in [-0.3, -0.25) is 14.7 Å². The predicted octanol–water partition coefficient (Wildman–Crippen LogP) is 2.10. The number of benzene rings is 1. The van der Waals surface area contributed by atoms with Crippen molar-refractivity contribution < 1.29 is 9.18 Å². The third kappa shape index (κ3) is 2.84. The Bertz CT molecular complexity index is 1010. The fourth-order valence-electron chi connectivity index (χ4n) is 3.09. The van der Waals surface area contributed by atoms with Gasteiger partial charge in [0.15, 0.2) is 0 Å². The second-order valence-electron chi connectivity index (χ2n) is 5.95. The standard InChI is InChI=1S/C18H15FN4O2/c19-12-4-1-3-11(9-12)17-13-10-23(8-7-14(13)21-22-17)18(25)15-5-2-6-16(24)20-15/h1-6,9H,7-8,10H2,(H,20,24)(H,21,22). The maximum Gasteiger partial charge on any atom is 0.270 e. The number of amides is 1. The van der Waals surface area contributed by atoms with Gasteiger partial charge >= 0.3 is 0 Å². The zero-order valence-electron chi connectivity index (χ0n) is 13.3. The number of aromatic amines is 2. The zero-order valence-corrected chi connectivity index (χ0v) is 13.3. The molecule has 3 aromatic rings. The molecule has 1 amide bonds. The average Bonchev–Trinajstić information content (AvgIpc) is 3.04. The first kappa shape index (κ1) is 15.3. The van der Waals surface area contributed by atoms with Crippen molar-refractivity contribution in [1.82, 2.24) is 20.1 Å². The van der Waals surface area contributed by atoms with E-state index in [1.165, 1.54) is 18.2 Å². The molecule has 0 saturated heterocycles. The van der Waals surface area contributed by atoms with Crippen LogP contribution in [-0.4, -0.2) is 32.5 Å². The topological polar surface area (TPSA) is 81.9 Å². The van der Waals surface area contributed by atoms with Crippen LogP contribution in [-0.2, 0) is 13.0 Å². The summed E-state index contributed by atoms with van der Waals surface area (Å²) < 4.78 is 13.5. The molecule has 0 radical (unpaired) electrons. The molecule has 0 saturated carbocycles. The minimum atomic E-state index is -0.333. The molecule has 0 unspecified atom stereocenters. The van der Waals surface area contributed by atoms with E-state index in [2.05, 4.69) is 15.2 Å². The molecule has 7 heteroatoms. The second kappa shape index (κ2) is 6.01. The largest absolute Gasteiger partial charge is 0.333 e. The SMILES string of the molecule is O=C(c1cccc(=O)[nH]1)N1CCc2[nH]nc(-c3cccc(F)c3)c2C1. The number of hydrogen-bond donors (Lipinski definition) is 2. The smallest absolute Gasteiger partial charge is 0.270 e. The Labute approximate surface area is 142 Å². The Morgan fingerprint density at radius 3 is 2.84 bits per heavy atom. The van der Waals surface area contributed by atoms with Gasteiger partial charge in [0.25, 0.3) is 5.91 Å². The van der Waals surface area contributed by atoms with Crippen LogP contribution in [0, 0.1) is 5.82 Å². The van der Waals surface area contributed by atoms with E-state index in [-0.39, 0.29) is 23.0 Å². The Balaban J connectivity index is 1.66. The van der Waals surface area contributed by atoms with Gasteiger partial charge in [-0.1, -0.05) is 18.2 Å². The number of nitrogens with zero attached hydrogens (tertiary/aromatic N) is 2. The molecule has 6 nitrogen and oxygen atoms in total. The highest BCUT2D eigenvalue weighted by atomic mass is 19.1. The molecular formula is C18H15FN4O2. The van der Waals surface area contributed by atoms with Crippen molar-refractivity contribution in [3.05, 3.63) is 75.6 Å². The van der Waals surface area contributed by atoms with Gasteiger partial charge in [-0.2, -0.15) is 5.10 Å². The van der Waals surface area contributed by atoms with Gasteiger partial charge in [0, 0.05) is 35.9 Å². The zero-order chi connectivity index (χ0) is 17.4. The molecule has 3 heterocycles. The van der Waals surface area contributed by atoms with Crippen LogP contribution in [0.4, 0.5) is 4.39 Å². The van der Waals surface area contributed by atoms with Crippen molar-refractivity contribution in [3.8, 4) is 11.3 Å². The molecule has 126 valence electrons. The Morgan fingerprint density at radius 2 is 2.04 bits per heavy atom. The first-order chi connectivity index (χ1) is 12.1. The van der Waals surface area contributed by atoms with Gasteiger partial charge in [0.05, 0.1) is 12.2 Å². The van der Waals surface area contributed by atoms with Gasteiger partial charge in [0.2, 0.25) is 5.56 Å². The first-order valence-corrected chi connectivity index (χ1v) is 7.92. The van der Waals surface area contributed by atoms with E-state index in [0.717, 1.165) is 11.3 Å². The minimum absolute atomic E-state index is 0.241. The van der Waals surface area contributed by atoms with Crippen LogP contribution in [0.25, 0.3) is 11.3 Å². The highest BCUT2D eigenvalue weighted by Gasteiger charge is 2.26. The molecule has 2 aromatic heterocycles. The molecule has 0 fully saturated rings. The number of carbonyl (C=O) groups excluding carboxylic acids is 1. The van der Waals surface area contributed by atoms with Crippen LogP contribution in [0.3, 0.4) is 0 Å². The summed E-state index contributed by atoms with van der Waals surface area (Å²) in [6.07, 6.45) is 0.625. The monoisotopic (exact) mass is 338 g/mol. The third-order valence-corrected chi connectivity index (χ3v) is 4.32. The lowest BCUT2D eigenvalue weighted by Crippen LogP contribution is -2.37. The number of H-pyrrole nitrogens is 2. The fraction of sp³-hybridized carbons (Fsp3) is 0.167. The molecule has 1 aliphatic rings. The van der Waals surface area contributed by atoms with E-state index in [9.17, 15) is 14.0 Å². The lowest BCUT2D eigenvalue weighted by molar-refractivity contribution is 0.0728. The number of carbonyl (C=O) groups is 1. The number of aromatic nitrogens is 3. The van der Waals surface area contributed by atoms with Gasteiger partial charge in [-0.15, -0.1) is 0 Å². The maximum atomic E-state index is 13.5. The molecule has 1 aromatic carbocycles. The Morgan fingerprint density at radius 1 is 1.20 bits per heavy atom. The van der Waals surface area contributed by atoms with E-state index in [0.29, 0.717) is 30.8 Å². The van der Waals surface area contributed by atoms with Gasteiger partial charge in [0.1, 0.15) is 11.5 Å². The number of fused-ring (bicyclic) bond motifs is 1. The van der Waals surface area contributed by atoms with Crippen molar-refractivity contribution in [2.24, 2.45) is 0 Å². The molecule has 1 aliphatic heterocycles. The van der Waals surface area contributed by atoms with Crippen LogP contribution in [0.15, 0.2) is 47.3 Å². The molecule has 2 N–H and O–H groups in total. The highest BCUT2D eigenvalue weighted by molar-refractivity contribution is 5.92. The van der Waals surface area contributed by atoms with Crippen molar-refractivity contribution in [1.29, 1.82) is 0 Å². The van der Waals surface area contributed by atoms with Gasteiger partial charge < -0.3 is 9.88 Å². The normalized spacial score (nSPS) is 13.6. The summed E-state index contributed by atoms with van der Waals surface area (Å²) in [7, 11) is 0. The summed E-state index contributed by atoms with van der Waals surface area (Å²) in [5.41, 5.74) is 3.08. The number of rotatable bonds is 2. The number of nitrogens with one attached hydrogen (secondary N) is 2. The summed E-state index contributed by atoms with van der Waals surface area (Å²) in [6, 6.07) is 10.7. The molecule has 0 aliphatic carbocycles. The third-order valence-electron chi connectivity index (χ3n) is 4.32. The van der Waals surface area contributed by atoms with E-state index < -0.39 is 0 Å². The maximum absolute atomic E-state index is 13.5. The molecule has 0 spiro atoms. The summed E-state index contributed by atoms with van der Waals surface area (Å²) in [5, 5.41) is 7.29. The summed E-state index contributed by atoms with van der Waals surface area (Å²) in [4.78, 5) is 28.3. The lowest BCUT2D eigenvalue weighted by Gasteiger charge is -2.27. The van der Waals surface area contributed by atoms with Crippen molar-refractivity contribution in [3.63, 3.8) is 0 Å². The summed E-state index contributed by atoms with van der Waals surface area (Å²) in [5.74, 6) is -0.574. The van der Waals surface area contributed by atoms with Crippen molar-refractivity contribution in [2.45, 2.75) is 13.0 Å². The van der Waals surface area contributed by atoms with Crippen LogP contribution >= 0.6 is 0 Å². The van der Waals surface area contributed by atoms with Crippen molar-refractivity contribution in [2.75, 3.05) is 6.54 Å². The number of hydrogen-bond acceptors (Lipinski definition) is 3. The average molecular weight is 338 g/mol. The Kier molecular flexibility index (Phi) is 3.68. The van der Waals surface area contributed by atoms with Crippen LogP contribution in [0.2, 0.25) is 0 Å². The van der Waals surface area contributed by atoms with Crippen LogP contribution < -0.4 is 5.56 Å². The van der Waals surface area contributed by atoms with Crippen LogP contribution in [0.5, 0.6) is 0 Å². The van der Waals surface area contributed by atoms with Gasteiger partial charge in [-0.05, 0) is 18.2 Å². The van der Waals surface area contributed by atoms with Gasteiger partial charge in [-0.25, -0.2) is 4.39 Å². The predicted molar refractivity (Wildman–Crippen MR) is 89.5 cm³/mol.